The van der Waals surface area contributed by atoms with E-state index in [4.69, 9.17) is 4.74 Å². The second kappa shape index (κ2) is 8.27. The van der Waals surface area contributed by atoms with E-state index < -0.39 is 0 Å². The number of anilines is 2. The Balaban J connectivity index is 1.56. The van der Waals surface area contributed by atoms with Crippen LogP contribution in [0, 0.1) is 0 Å². The molecule has 1 fully saturated rings. The van der Waals surface area contributed by atoms with Crippen LogP contribution >= 0.6 is 0 Å². The lowest BCUT2D eigenvalue weighted by Crippen LogP contribution is -2.49. The van der Waals surface area contributed by atoms with E-state index in [0.29, 0.717) is 45.3 Å². The zero-order chi connectivity index (χ0) is 17.5. The van der Waals surface area contributed by atoms with E-state index in [0.717, 1.165) is 11.5 Å². The quantitative estimate of drug-likeness (QED) is 0.886. The van der Waals surface area contributed by atoms with E-state index in [1.807, 2.05) is 31.2 Å². The lowest BCUT2D eigenvalue weighted by Gasteiger charge is -2.34. The number of nitrogens with one attached hydrogen (secondary N) is 1. The molecule has 1 saturated heterocycles. The minimum atomic E-state index is -0.256. The minimum Gasteiger partial charge on any atom is -0.450 e. The van der Waals surface area contributed by atoms with Gasteiger partial charge >= 0.3 is 6.09 Å². The van der Waals surface area contributed by atoms with Crippen molar-refractivity contribution >= 4 is 17.9 Å². The summed E-state index contributed by atoms with van der Waals surface area (Å²) >= 11 is 0. The number of ether oxygens (including phenoxy) is 1. The van der Waals surface area contributed by atoms with E-state index >= 15 is 0 Å². The first kappa shape index (κ1) is 16.9. The van der Waals surface area contributed by atoms with Crippen LogP contribution < -0.4 is 10.2 Å². The molecule has 8 heteroatoms. The Morgan fingerprint density at radius 2 is 2.00 bits per heavy atom. The number of nitrogens with zero attached hydrogens (tertiary/aromatic N) is 5. The summed E-state index contributed by atoms with van der Waals surface area (Å²) in [5.74, 6) is 1.41. The van der Waals surface area contributed by atoms with Gasteiger partial charge < -0.3 is 19.9 Å². The largest absolute Gasteiger partial charge is 0.450 e. The standard InChI is InChI=1S/C17H22N6O2/c1-2-25-17(24)23-11-9-22(10-12-23)16-19-8-6-15(21-16)20-13-14-5-3-4-7-18-14/h3-8H,2,9-13H2,1H3,(H,19,20,21). The summed E-state index contributed by atoms with van der Waals surface area (Å²) in [6, 6.07) is 7.64. The maximum Gasteiger partial charge on any atom is 0.409 e. The van der Waals surface area contributed by atoms with Crippen LogP contribution in [-0.2, 0) is 11.3 Å². The Morgan fingerprint density at radius 3 is 2.72 bits per heavy atom. The van der Waals surface area contributed by atoms with Gasteiger partial charge in [-0.3, -0.25) is 4.98 Å². The first-order valence-electron chi connectivity index (χ1n) is 8.39. The molecule has 25 heavy (non-hydrogen) atoms. The summed E-state index contributed by atoms with van der Waals surface area (Å²) in [5, 5.41) is 3.26. The van der Waals surface area contributed by atoms with Crippen LogP contribution in [0.4, 0.5) is 16.6 Å². The van der Waals surface area contributed by atoms with Crippen molar-refractivity contribution in [1.82, 2.24) is 19.9 Å². The van der Waals surface area contributed by atoms with Crippen LogP contribution in [0.15, 0.2) is 36.7 Å². The van der Waals surface area contributed by atoms with Crippen molar-refractivity contribution in [2.45, 2.75) is 13.5 Å². The normalized spacial score (nSPS) is 14.3. The molecule has 0 aliphatic carbocycles. The van der Waals surface area contributed by atoms with Gasteiger partial charge in [0.15, 0.2) is 0 Å². The fourth-order valence-corrected chi connectivity index (χ4v) is 2.59. The van der Waals surface area contributed by atoms with Crippen molar-refractivity contribution < 1.29 is 9.53 Å². The van der Waals surface area contributed by atoms with Crippen LogP contribution in [0.1, 0.15) is 12.6 Å². The molecule has 0 aromatic carbocycles. The third-order valence-corrected chi connectivity index (χ3v) is 3.91. The number of carbonyl (C=O) groups excluding carboxylic acids is 1. The molecular weight excluding hydrogens is 320 g/mol. The van der Waals surface area contributed by atoms with Crippen molar-refractivity contribution in [1.29, 1.82) is 0 Å². The number of amides is 1. The van der Waals surface area contributed by atoms with Crippen molar-refractivity contribution in [2.24, 2.45) is 0 Å². The van der Waals surface area contributed by atoms with E-state index in [-0.39, 0.29) is 6.09 Å². The van der Waals surface area contributed by atoms with E-state index in [1.54, 1.807) is 17.3 Å². The molecule has 2 aromatic heterocycles. The molecule has 0 radical (unpaired) electrons. The molecule has 0 saturated carbocycles. The van der Waals surface area contributed by atoms with Gasteiger partial charge in [-0.15, -0.1) is 0 Å². The van der Waals surface area contributed by atoms with Crippen molar-refractivity contribution in [3.05, 3.63) is 42.4 Å². The number of hydrogen-bond donors (Lipinski definition) is 1. The van der Waals surface area contributed by atoms with Crippen molar-refractivity contribution in [2.75, 3.05) is 43.0 Å². The van der Waals surface area contributed by atoms with Crippen molar-refractivity contribution in [3.8, 4) is 0 Å². The molecule has 3 rings (SSSR count). The molecule has 0 bridgehead atoms. The second-order valence-electron chi connectivity index (χ2n) is 5.59. The van der Waals surface area contributed by atoms with Crippen molar-refractivity contribution in [3.63, 3.8) is 0 Å². The van der Waals surface area contributed by atoms with Crippen LogP contribution in [-0.4, -0.2) is 58.7 Å². The van der Waals surface area contributed by atoms with Gasteiger partial charge in [-0.2, -0.15) is 4.98 Å². The fraction of sp³-hybridized carbons (Fsp3) is 0.412. The van der Waals surface area contributed by atoms with E-state index in [9.17, 15) is 4.79 Å². The molecule has 0 unspecified atom stereocenters. The smallest absolute Gasteiger partial charge is 0.409 e. The van der Waals surface area contributed by atoms with Gasteiger partial charge in [-0.1, -0.05) is 6.07 Å². The molecule has 1 aliphatic rings. The summed E-state index contributed by atoms with van der Waals surface area (Å²) < 4.78 is 5.04. The zero-order valence-electron chi connectivity index (χ0n) is 14.3. The molecule has 1 aliphatic heterocycles. The summed E-state index contributed by atoms with van der Waals surface area (Å²) in [6.45, 7) is 5.39. The van der Waals surface area contributed by atoms with Gasteiger partial charge in [-0.25, -0.2) is 9.78 Å². The molecule has 132 valence electrons. The average molecular weight is 342 g/mol. The molecule has 3 heterocycles. The summed E-state index contributed by atoms with van der Waals surface area (Å²) in [7, 11) is 0. The lowest BCUT2D eigenvalue weighted by molar-refractivity contribution is 0.105. The third-order valence-electron chi connectivity index (χ3n) is 3.91. The highest BCUT2D eigenvalue weighted by Crippen LogP contribution is 2.14. The summed E-state index contributed by atoms with van der Waals surface area (Å²) in [5.41, 5.74) is 0.950. The zero-order valence-corrected chi connectivity index (χ0v) is 14.3. The lowest BCUT2D eigenvalue weighted by atomic mass is 10.3. The predicted octanol–water partition coefficient (Wildman–Crippen LogP) is 1.76. The van der Waals surface area contributed by atoms with Crippen LogP contribution in [0.2, 0.25) is 0 Å². The number of piperazine rings is 1. The minimum absolute atomic E-state index is 0.256. The number of carbonyl (C=O) groups is 1. The van der Waals surface area contributed by atoms with Gasteiger partial charge in [0, 0.05) is 38.6 Å². The van der Waals surface area contributed by atoms with Gasteiger partial charge in [0.05, 0.1) is 18.8 Å². The molecule has 1 amide bonds. The molecule has 0 spiro atoms. The monoisotopic (exact) mass is 342 g/mol. The topological polar surface area (TPSA) is 83.5 Å². The molecule has 1 N–H and O–H groups in total. The van der Waals surface area contributed by atoms with Crippen LogP contribution in [0.25, 0.3) is 0 Å². The third kappa shape index (κ3) is 4.56. The Labute approximate surface area is 146 Å². The highest BCUT2D eigenvalue weighted by Gasteiger charge is 2.23. The molecular formula is C17H22N6O2. The number of pyridine rings is 1. The van der Waals surface area contributed by atoms with Crippen LogP contribution in [0.3, 0.4) is 0 Å². The summed E-state index contributed by atoms with van der Waals surface area (Å²) in [4.78, 5) is 28.7. The first-order valence-corrected chi connectivity index (χ1v) is 8.39. The highest BCUT2D eigenvalue weighted by molar-refractivity contribution is 5.68. The molecule has 2 aromatic rings. The maximum atomic E-state index is 11.8. The number of rotatable bonds is 5. The summed E-state index contributed by atoms with van der Waals surface area (Å²) in [6.07, 6.45) is 3.25. The van der Waals surface area contributed by atoms with Gasteiger partial charge in [0.25, 0.3) is 0 Å². The van der Waals surface area contributed by atoms with Gasteiger partial charge in [0.2, 0.25) is 5.95 Å². The Morgan fingerprint density at radius 1 is 1.16 bits per heavy atom. The second-order valence-corrected chi connectivity index (χ2v) is 5.59. The van der Waals surface area contributed by atoms with Gasteiger partial charge in [-0.05, 0) is 25.1 Å². The van der Waals surface area contributed by atoms with Crippen LogP contribution in [0.5, 0.6) is 0 Å². The predicted molar refractivity (Wildman–Crippen MR) is 94.4 cm³/mol. The SMILES string of the molecule is CCOC(=O)N1CCN(c2nccc(NCc3ccccn3)n2)CC1. The van der Waals surface area contributed by atoms with E-state index in [1.165, 1.54) is 0 Å². The number of hydrogen-bond acceptors (Lipinski definition) is 7. The average Bonchev–Trinajstić information content (AvgIpc) is 2.68. The van der Waals surface area contributed by atoms with Gasteiger partial charge in [0.1, 0.15) is 5.82 Å². The molecule has 0 atom stereocenters. The Hall–Kier alpha value is -2.90. The first-order chi connectivity index (χ1) is 12.3. The number of aromatic nitrogens is 3. The maximum absolute atomic E-state index is 11.8. The highest BCUT2D eigenvalue weighted by atomic mass is 16.6. The van der Waals surface area contributed by atoms with E-state index in [2.05, 4.69) is 25.2 Å². The Bertz CT molecular complexity index is 689. The fourth-order valence-electron chi connectivity index (χ4n) is 2.59. The Kier molecular flexibility index (Phi) is 5.61. The molecule has 8 nitrogen and oxygen atoms in total.